The third-order valence-electron chi connectivity index (χ3n) is 6.18. The molecule has 1 amide bonds. The predicted molar refractivity (Wildman–Crippen MR) is 149 cm³/mol. The summed E-state index contributed by atoms with van der Waals surface area (Å²) >= 11 is 0. The van der Waals surface area contributed by atoms with Gasteiger partial charge in [-0.3, -0.25) is 9.05 Å². The van der Waals surface area contributed by atoms with Gasteiger partial charge in [-0.25, -0.2) is 17.8 Å². The lowest BCUT2D eigenvalue weighted by Gasteiger charge is -2.33. The van der Waals surface area contributed by atoms with E-state index in [-0.39, 0.29) is 36.9 Å². The highest BCUT2D eigenvalue weighted by Gasteiger charge is 2.38. The van der Waals surface area contributed by atoms with Crippen LogP contribution in [0.15, 0.2) is 59.5 Å². The maximum absolute atomic E-state index is 13.7. The molecule has 0 aromatic heterocycles. The zero-order valence-electron chi connectivity index (χ0n) is 22.8. The molecule has 0 bridgehead atoms. The van der Waals surface area contributed by atoms with Gasteiger partial charge < -0.3 is 25.4 Å². The van der Waals surface area contributed by atoms with Crippen molar-refractivity contribution in [1.29, 1.82) is 0 Å². The molecule has 1 fully saturated rings. The van der Waals surface area contributed by atoms with Crippen LogP contribution in [0.5, 0.6) is 0 Å². The number of alkyl carbamates (subject to hydrolysis) is 1. The molecule has 40 heavy (non-hydrogen) atoms. The minimum Gasteiger partial charge on any atom is -0.444 e. The first kappa shape index (κ1) is 32.0. The first-order valence-electron chi connectivity index (χ1n) is 12.9. The normalized spacial score (nSPS) is 18.8. The van der Waals surface area contributed by atoms with Crippen LogP contribution in [0.4, 0.5) is 10.5 Å². The Morgan fingerprint density at radius 2 is 1.85 bits per heavy atom. The van der Waals surface area contributed by atoms with Crippen LogP contribution in [0, 0.1) is 5.92 Å². The third-order valence-corrected chi connectivity index (χ3v) is 9.03. The largest absolute Gasteiger partial charge is 0.472 e. The topological polar surface area (TPSA) is 167 Å². The Morgan fingerprint density at radius 3 is 2.42 bits per heavy atom. The highest BCUT2D eigenvalue weighted by atomic mass is 32.2. The van der Waals surface area contributed by atoms with Crippen LogP contribution in [0.1, 0.15) is 25.8 Å². The molecular weight excluding hydrogens is 561 g/mol. The van der Waals surface area contributed by atoms with Gasteiger partial charge in [-0.15, -0.1) is 0 Å². The first-order chi connectivity index (χ1) is 18.9. The molecule has 14 heteroatoms. The molecule has 4 N–H and O–H groups in total. The molecule has 12 nitrogen and oxygen atoms in total. The van der Waals surface area contributed by atoms with Gasteiger partial charge in [0.2, 0.25) is 10.0 Å². The molecule has 0 radical (unpaired) electrons. The van der Waals surface area contributed by atoms with E-state index in [2.05, 4.69) is 9.84 Å². The minimum atomic E-state index is -4.63. The standard InChI is InChI=1S/C26H38N3O9PS/c1-19(2)16-29(40(33,34)23-11-9-21(27)10-12-23)17-25(38-39(31,32)35-3)24(15-20-7-5-4-6-8-20)28-26(30)37-22-13-14-36-18-22/h4-12,19,22,24-25H,13-18,27H2,1-3H3,(H,28,30)(H,31,32)/t22?,24-,25?/m0/s1. The fraction of sp³-hybridized carbons (Fsp3) is 0.500. The number of benzene rings is 2. The van der Waals surface area contributed by atoms with Gasteiger partial charge in [0, 0.05) is 32.3 Å². The van der Waals surface area contributed by atoms with Crippen LogP contribution >= 0.6 is 7.82 Å². The van der Waals surface area contributed by atoms with E-state index in [0.29, 0.717) is 18.7 Å². The number of amides is 1. The number of anilines is 1. The lowest BCUT2D eigenvalue weighted by atomic mass is 10.0. The Kier molecular flexibility index (Phi) is 11.5. The number of ether oxygens (including phenoxy) is 2. The summed E-state index contributed by atoms with van der Waals surface area (Å²) in [7, 11) is -7.73. The van der Waals surface area contributed by atoms with E-state index in [9.17, 15) is 22.7 Å². The summed E-state index contributed by atoms with van der Waals surface area (Å²) in [5, 5.41) is 2.73. The van der Waals surface area contributed by atoms with Crippen molar-refractivity contribution in [3.63, 3.8) is 0 Å². The monoisotopic (exact) mass is 599 g/mol. The van der Waals surface area contributed by atoms with Gasteiger partial charge in [-0.1, -0.05) is 44.2 Å². The first-order valence-corrected chi connectivity index (χ1v) is 15.8. The van der Waals surface area contributed by atoms with Crippen molar-refractivity contribution in [3.8, 4) is 0 Å². The number of nitrogens with one attached hydrogen (secondary N) is 1. The second-order valence-corrected chi connectivity index (χ2v) is 13.4. The highest BCUT2D eigenvalue weighted by molar-refractivity contribution is 7.89. The number of sulfonamides is 1. The molecular formula is C26H38N3O9PS. The quantitative estimate of drug-likeness (QED) is 0.217. The lowest BCUT2D eigenvalue weighted by molar-refractivity contribution is 0.0569. The van der Waals surface area contributed by atoms with Crippen LogP contribution in [0.2, 0.25) is 0 Å². The Balaban J connectivity index is 1.98. The summed E-state index contributed by atoms with van der Waals surface area (Å²) < 4.78 is 62.2. The molecule has 1 heterocycles. The molecule has 0 aliphatic carbocycles. The molecule has 4 atom stereocenters. The summed E-state index contributed by atoms with van der Waals surface area (Å²) in [4.78, 5) is 23.2. The van der Waals surface area contributed by atoms with Gasteiger partial charge in [0.05, 0.1) is 24.2 Å². The number of phosphoric ester groups is 1. The van der Waals surface area contributed by atoms with E-state index in [1.165, 1.54) is 28.6 Å². The number of rotatable bonds is 14. The van der Waals surface area contributed by atoms with Crippen molar-refractivity contribution in [2.75, 3.05) is 39.1 Å². The van der Waals surface area contributed by atoms with Crippen LogP contribution in [-0.4, -0.2) is 75.4 Å². The number of nitrogens with zero attached hydrogens (tertiary/aromatic N) is 1. The zero-order valence-corrected chi connectivity index (χ0v) is 24.6. The zero-order chi connectivity index (χ0) is 29.3. The lowest BCUT2D eigenvalue weighted by Crippen LogP contribution is -2.52. The summed E-state index contributed by atoms with van der Waals surface area (Å²) in [6.07, 6.45) is -1.86. The van der Waals surface area contributed by atoms with E-state index < -0.39 is 42.2 Å². The molecule has 0 saturated carbocycles. The third kappa shape index (κ3) is 9.55. The van der Waals surface area contributed by atoms with E-state index in [1.54, 1.807) is 12.1 Å². The van der Waals surface area contributed by atoms with E-state index in [1.807, 2.05) is 32.0 Å². The molecule has 2 aromatic carbocycles. The second-order valence-electron chi connectivity index (χ2n) is 9.91. The van der Waals surface area contributed by atoms with Crippen LogP contribution < -0.4 is 11.1 Å². The van der Waals surface area contributed by atoms with Gasteiger partial charge in [0.25, 0.3) is 0 Å². The molecule has 222 valence electrons. The smallest absolute Gasteiger partial charge is 0.444 e. The van der Waals surface area contributed by atoms with Gasteiger partial charge >= 0.3 is 13.9 Å². The highest BCUT2D eigenvalue weighted by Crippen LogP contribution is 2.44. The molecule has 0 spiro atoms. The van der Waals surface area contributed by atoms with Crippen LogP contribution in [0.25, 0.3) is 0 Å². The summed E-state index contributed by atoms with van der Waals surface area (Å²) in [6.45, 7) is 4.10. The number of carbonyl (C=O) groups excluding carboxylic acids is 1. The van der Waals surface area contributed by atoms with Gasteiger partial charge in [-0.2, -0.15) is 4.31 Å². The van der Waals surface area contributed by atoms with Crippen molar-refractivity contribution in [1.82, 2.24) is 9.62 Å². The fourth-order valence-corrected chi connectivity index (χ4v) is 6.46. The molecule has 1 aliphatic rings. The van der Waals surface area contributed by atoms with Crippen molar-refractivity contribution in [2.45, 2.75) is 49.8 Å². The number of phosphoric acid groups is 1. The van der Waals surface area contributed by atoms with Crippen LogP contribution in [0.3, 0.4) is 0 Å². The Hall–Kier alpha value is -2.51. The average molecular weight is 600 g/mol. The maximum Gasteiger partial charge on any atom is 0.472 e. The van der Waals surface area contributed by atoms with Crippen molar-refractivity contribution in [2.24, 2.45) is 5.92 Å². The molecule has 1 saturated heterocycles. The second kappa shape index (κ2) is 14.4. The van der Waals surface area contributed by atoms with Crippen molar-refractivity contribution in [3.05, 3.63) is 60.2 Å². The molecule has 3 rings (SSSR count). The molecule has 3 unspecified atom stereocenters. The van der Waals surface area contributed by atoms with E-state index in [4.69, 9.17) is 19.7 Å². The van der Waals surface area contributed by atoms with Gasteiger partial charge in [-0.05, 0) is 42.2 Å². The molecule has 2 aromatic rings. The number of hydrogen-bond acceptors (Lipinski definition) is 9. The number of hydrogen-bond donors (Lipinski definition) is 3. The summed E-state index contributed by atoms with van der Waals surface area (Å²) in [5.74, 6) is -0.111. The summed E-state index contributed by atoms with van der Waals surface area (Å²) in [5.41, 5.74) is 6.92. The number of nitrogen functional groups attached to an aromatic ring is 1. The Morgan fingerprint density at radius 1 is 1.18 bits per heavy atom. The predicted octanol–water partition coefficient (Wildman–Crippen LogP) is 3.17. The fourth-order valence-electron chi connectivity index (χ4n) is 4.20. The maximum atomic E-state index is 13.7. The number of carbonyl (C=O) groups is 1. The molecule has 1 aliphatic heterocycles. The van der Waals surface area contributed by atoms with Gasteiger partial charge in [0.15, 0.2) is 0 Å². The van der Waals surface area contributed by atoms with Crippen molar-refractivity contribution >= 4 is 29.6 Å². The van der Waals surface area contributed by atoms with Gasteiger partial charge in [0.1, 0.15) is 12.2 Å². The Labute approximate surface area is 235 Å². The Bertz CT molecular complexity index is 1240. The minimum absolute atomic E-state index is 0.00626. The van der Waals surface area contributed by atoms with E-state index in [0.717, 1.165) is 12.7 Å². The van der Waals surface area contributed by atoms with E-state index >= 15 is 0 Å². The summed E-state index contributed by atoms with van der Waals surface area (Å²) in [6, 6.07) is 13.8. The SMILES string of the molecule is COP(=O)(O)OC(CN(CC(C)C)S(=O)(=O)c1ccc(N)cc1)[C@H](Cc1ccccc1)NC(=O)OC1CCOC1. The van der Waals surface area contributed by atoms with Crippen LogP contribution in [-0.2, 0) is 39.5 Å². The van der Waals surface area contributed by atoms with Crippen molar-refractivity contribution < 1.29 is 41.2 Å². The number of nitrogens with two attached hydrogens (primary N) is 1. The average Bonchev–Trinajstić information content (AvgIpc) is 3.41.